The number of hydrogen-bond acceptors (Lipinski definition) is 1. The van der Waals surface area contributed by atoms with Gasteiger partial charge in [0.2, 0.25) is 0 Å². The molecule has 0 spiro atoms. The molecule has 1 rings (SSSR count). The predicted octanol–water partition coefficient (Wildman–Crippen LogP) is 3.14. The summed E-state index contributed by atoms with van der Waals surface area (Å²) in [5.74, 6) is 0.410. The predicted molar refractivity (Wildman–Crippen MR) is 65.6 cm³/mol. The molecule has 4 heteroatoms. The minimum Gasteiger partial charge on any atom is -0.324 e. The minimum atomic E-state index is -3.82. The molecule has 0 saturated carbocycles. The molecule has 0 amide bonds. The van der Waals surface area contributed by atoms with Crippen LogP contribution in [0.5, 0.6) is 0 Å². The summed E-state index contributed by atoms with van der Waals surface area (Å²) >= 11 is 0. The lowest BCUT2D eigenvalue weighted by Gasteiger charge is -2.15. The highest BCUT2D eigenvalue weighted by atomic mass is 31.2. The molecule has 1 unspecified atom stereocenters. The number of rotatable bonds is 6. The lowest BCUT2D eigenvalue weighted by molar-refractivity contribution is 0.370. The monoisotopic (exact) mass is 242 g/mol. The molecule has 3 nitrogen and oxygen atoms in total. The molecule has 0 radical (unpaired) electrons. The van der Waals surface area contributed by atoms with Crippen molar-refractivity contribution in [1.29, 1.82) is 0 Å². The van der Waals surface area contributed by atoms with Crippen LogP contribution < -0.4 is 0 Å². The summed E-state index contributed by atoms with van der Waals surface area (Å²) in [4.78, 5) is 17.6. The molecule has 0 saturated heterocycles. The molecule has 0 aliphatic carbocycles. The zero-order valence-electron chi connectivity index (χ0n) is 9.54. The molecule has 0 aliphatic rings. The van der Waals surface area contributed by atoms with E-state index in [2.05, 4.69) is 19.1 Å². The fraction of sp³-hybridized carbons (Fsp3) is 0.500. The molecule has 0 aromatic heterocycles. The molecule has 90 valence electrons. The van der Waals surface area contributed by atoms with Crippen LogP contribution in [0.3, 0.4) is 0 Å². The van der Waals surface area contributed by atoms with Crippen LogP contribution in [0.25, 0.3) is 0 Å². The molecular weight excluding hydrogens is 223 g/mol. The van der Waals surface area contributed by atoms with Crippen LogP contribution in [-0.4, -0.2) is 15.9 Å². The lowest BCUT2D eigenvalue weighted by Crippen LogP contribution is -1.99. The van der Waals surface area contributed by atoms with Crippen molar-refractivity contribution in [1.82, 2.24) is 0 Å². The Morgan fingerprint density at radius 2 is 1.88 bits per heavy atom. The Balaban J connectivity index is 2.48. The second-order valence-corrected chi connectivity index (χ2v) is 5.82. The van der Waals surface area contributed by atoms with Gasteiger partial charge in [-0.25, -0.2) is 0 Å². The van der Waals surface area contributed by atoms with Crippen LogP contribution >= 0.6 is 7.60 Å². The molecule has 0 bridgehead atoms. The van der Waals surface area contributed by atoms with Crippen LogP contribution in [0.15, 0.2) is 30.3 Å². The van der Waals surface area contributed by atoms with Crippen molar-refractivity contribution < 1.29 is 14.4 Å². The van der Waals surface area contributed by atoms with E-state index >= 15 is 0 Å². The first-order valence-corrected chi connectivity index (χ1v) is 7.42. The first-order chi connectivity index (χ1) is 7.53. The van der Waals surface area contributed by atoms with Crippen LogP contribution in [0.2, 0.25) is 0 Å². The maximum absolute atomic E-state index is 10.7. The average molecular weight is 242 g/mol. The molecule has 0 fully saturated rings. The average Bonchev–Trinajstić information content (AvgIpc) is 2.24. The third-order valence-corrected chi connectivity index (χ3v) is 3.66. The summed E-state index contributed by atoms with van der Waals surface area (Å²) < 4.78 is 10.7. The van der Waals surface area contributed by atoms with Gasteiger partial charge in [0.1, 0.15) is 0 Å². The van der Waals surface area contributed by atoms with Crippen molar-refractivity contribution in [3.8, 4) is 0 Å². The van der Waals surface area contributed by atoms with E-state index in [0.717, 1.165) is 12.8 Å². The summed E-state index contributed by atoms with van der Waals surface area (Å²) in [5.41, 5.74) is 1.26. The Morgan fingerprint density at radius 1 is 1.25 bits per heavy atom. The number of hydrogen-bond donors (Lipinski definition) is 2. The van der Waals surface area contributed by atoms with Gasteiger partial charge in [-0.1, -0.05) is 37.3 Å². The van der Waals surface area contributed by atoms with Crippen molar-refractivity contribution in [2.45, 2.75) is 32.1 Å². The molecule has 1 aromatic carbocycles. The van der Waals surface area contributed by atoms with Gasteiger partial charge >= 0.3 is 7.60 Å². The van der Waals surface area contributed by atoms with E-state index < -0.39 is 7.60 Å². The summed E-state index contributed by atoms with van der Waals surface area (Å²) in [6.45, 7) is 2.11. The van der Waals surface area contributed by atoms with Crippen LogP contribution in [-0.2, 0) is 4.57 Å². The fourth-order valence-electron chi connectivity index (χ4n) is 1.88. The molecule has 0 heterocycles. The van der Waals surface area contributed by atoms with Gasteiger partial charge in [0.05, 0.1) is 0 Å². The Bertz CT molecular complexity index is 345. The zero-order valence-corrected chi connectivity index (χ0v) is 10.4. The Kier molecular flexibility index (Phi) is 5.20. The van der Waals surface area contributed by atoms with Gasteiger partial charge in [-0.3, -0.25) is 4.57 Å². The van der Waals surface area contributed by atoms with Gasteiger partial charge in [0.25, 0.3) is 0 Å². The van der Waals surface area contributed by atoms with Gasteiger partial charge in [-0.15, -0.1) is 0 Å². The van der Waals surface area contributed by atoms with E-state index in [9.17, 15) is 4.57 Å². The second kappa shape index (κ2) is 6.19. The largest absolute Gasteiger partial charge is 0.325 e. The first-order valence-electron chi connectivity index (χ1n) is 5.62. The smallest absolute Gasteiger partial charge is 0.324 e. The third kappa shape index (κ3) is 4.93. The zero-order chi connectivity index (χ0) is 12.0. The maximum Gasteiger partial charge on any atom is 0.325 e. The van der Waals surface area contributed by atoms with Crippen molar-refractivity contribution in [2.75, 3.05) is 6.16 Å². The highest BCUT2D eigenvalue weighted by Crippen LogP contribution is 2.37. The molecule has 16 heavy (non-hydrogen) atoms. The quantitative estimate of drug-likeness (QED) is 0.753. The molecular formula is C12H19O3P. The lowest BCUT2D eigenvalue weighted by atomic mass is 9.92. The van der Waals surface area contributed by atoms with Crippen LogP contribution in [0.1, 0.15) is 37.7 Å². The van der Waals surface area contributed by atoms with E-state index in [4.69, 9.17) is 9.79 Å². The molecule has 1 atom stereocenters. The number of benzene rings is 1. The van der Waals surface area contributed by atoms with E-state index in [0.29, 0.717) is 12.3 Å². The van der Waals surface area contributed by atoms with E-state index in [-0.39, 0.29) is 6.16 Å². The standard InChI is InChI=1S/C12H19O3P/c1-2-11(9-6-10-16(13,14)15)12-7-4-3-5-8-12/h3-5,7-8,11H,2,6,9-10H2,1H3,(H2,13,14,15). The van der Waals surface area contributed by atoms with Gasteiger partial charge in [0.15, 0.2) is 0 Å². The maximum atomic E-state index is 10.7. The minimum absolute atomic E-state index is 0.00364. The topological polar surface area (TPSA) is 57.5 Å². The summed E-state index contributed by atoms with van der Waals surface area (Å²) in [5, 5.41) is 0. The van der Waals surface area contributed by atoms with Crippen molar-refractivity contribution >= 4 is 7.60 Å². The highest BCUT2D eigenvalue weighted by molar-refractivity contribution is 7.51. The first kappa shape index (κ1) is 13.4. The Hall–Kier alpha value is -0.630. The molecule has 2 N–H and O–H groups in total. The Morgan fingerprint density at radius 3 is 2.38 bits per heavy atom. The fourth-order valence-corrected chi connectivity index (χ4v) is 2.47. The van der Waals surface area contributed by atoms with Gasteiger partial charge < -0.3 is 9.79 Å². The van der Waals surface area contributed by atoms with E-state index in [1.54, 1.807) is 0 Å². The molecule has 0 aliphatic heterocycles. The Labute approximate surface area is 96.7 Å². The van der Waals surface area contributed by atoms with Crippen molar-refractivity contribution in [3.63, 3.8) is 0 Å². The summed E-state index contributed by atoms with van der Waals surface area (Å²) in [7, 11) is -3.82. The van der Waals surface area contributed by atoms with Gasteiger partial charge in [-0.05, 0) is 30.7 Å². The van der Waals surface area contributed by atoms with E-state index in [1.165, 1.54) is 5.56 Å². The van der Waals surface area contributed by atoms with Crippen LogP contribution in [0, 0.1) is 0 Å². The van der Waals surface area contributed by atoms with Gasteiger partial charge in [0, 0.05) is 6.16 Å². The second-order valence-electron chi connectivity index (χ2n) is 4.05. The SMILES string of the molecule is CCC(CCCP(=O)(O)O)c1ccccc1. The van der Waals surface area contributed by atoms with Crippen molar-refractivity contribution in [3.05, 3.63) is 35.9 Å². The summed E-state index contributed by atoms with van der Waals surface area (Å²) in [6, 6.07) is 10.1. The normalized spacial score (nSPS) is 13.7. The van der Waals surface area contributed by atoms with E-state index in [1.807, 2.05) is 18.2 Å². The van der Waals surface area contributed by atoms with Gasteiger partial charge in [-0.2, -0.15) is 0 Å². The molecule has 1 aromatic rings. The highest BCUT2D eigenvalue weighted by Gasteiger charge is 2.15. The summed E-state index contributed by atoms with van der Waals surface area (Å²) in [6.07, 6.45) is 2.42. The van der Waals surface area contributed by atoms with Crippen molar-refractivity contribution in [2.24, 2.45) is 0 Å². The van der Waals surface area contributed by atoms with Crippen LogP contribution in [0.4, 0.5) is 0 Å². The third-order valence-electron chi connectivity index (χ3n) is 2.77.